The zero-order chi connectivity index (χ0) is 16.9. The highest BCUT2D eigenvalue weighted by Gasteiger charge is 2.19. The molecule has 1 saturated carbocycles. The SMILES string of the molecule is Cc1cc(C(=O)Nc2nccs2)ccc1NC(=O)CC1CCCC1. The lowest BCUT2D eigenvalue weighted by Gasteiger charge is -2.12. The first-order chi connectivity index (χ1) is 11.6. The molecule has 0 saturated heterocycles. The minimum absolute atomic E-state index is 0.0602. The molecule has 24 heavy (non-hydrogen) atoms. The van der Waals surface area contributed by atoms with E-state index in [0.717, 1.165) is 24.1 Å². The van der Waals surface area contributed by atoms with Crippen molar-refractivity contribution in [2.45, 2.75) is 39.0 Å². The van der Waals surface area contributed by atoms with Crippen LogP contribution in [0.15, 0.2) is 29.8 Å². The minimum Gasteiger partial charge on any atom is -0.326 e. The number of carbonyl (C=O) groups excluding carboxylic acids is 2. The average Bonchev–Trinajstić information content (AvgIpc) is 3.23. The van der Waals surface area contributed by atoms with Gasteiger partial charge in [-0.3, -0.25) is 14.9 Å². The molecule has 3 rings (SSSR count). The number of hydrogen-bond donors (Lipinski definition) is 2. The number of hydrogen-bond acceptors (Lipinski definition) is 4. The Labute approximate surface area is 145 Å². The molecule has 0 spiro atoms. The second-order valence-electron chi connectivity index (χ2n) is 6.22. The number of benzene rings is 1. The molecular weight excluding hydrogens is 322 g/mol. The number of aryl methyl sites for hydroxylation is 1. The van der Waals surface area contributed by atoms with Crippen molar-refractivity contribution in [3.8, 4) is 0 Å². The van der Waals surface area contributed by atoms with E-state index in [-0.39, 0.29) is 11.8 Å². The topological polar surface area (TPSA) is 71.1 Å². The second kappa shape index (κ2) is 7.57. The van der Waals surface area contributed by atoms with E-state index >= 15 is 0 Å². The maximum atomic E-state index is 12.2. The highest BCUT2D eigenvalue weighted by Crippen LogP contribution is 2.28. The standard InChI is InChI=1S/C18H21N3O2S/c1-12-10-14(17(23)21-18-19-8-9-24-18)6-7-15(12)20-16(22)11-13-4-2-3-5-13/h6-10,13H,2-5,11H2,1H3,(H,20,22)(H,19,21,23). The van der Waals surface area contributed by atoms with Gasteiger partial charge >= 0.3 is 0 Å². The van der Waals surface area contributed by atoms with Crippen molar-refractivity contribution in [1.82, 2.24) is 4.98 Å². The highest BCUT2D eigenvalue weighted by atomic mass is 32.1. The Morgan fingerprint density at radius 1 is 1.25 bits per heavy atom. The molecule has 5 nitrogen and oxygen atoms in total. The van der Waals surface area contributed by atoms with Gasteiger partial charge in [-0.25, -0.2) is 4.98 Å². The second-order valence-corrected chi connectivity index (χ2v) is 7.12. The predicted octanol–water partition coefficient (Wildman–Crippen LogP) is 4.22. The summed E-state index contributed by atoms with van der Waals surface area (Å²) in [5.74, 6) is 0.385. The van der Waals surface area contributed by atoms with Gasteiger partial charge in [-0.15, -0.1) is 11.3 Å². The Morgan fingerprint density at radius 2 is 2.04 bits per heavy atom. The first-order valence-electron chi connectivity index (χ1n) is 8.23. The van der Waals surface area contributed by atoms with Crippen molar-refractivity contribution >= 4 is 34.0 Å². The number of thiazole rings is 1. The van der Waals surface area contributed by atoms with Crippen LogP contribution in [-0.4, -0.2) is 16.8 Å². The summed E-state index contributed by atoms with van der Waals surface area (Å²) in [5.41, 5.74) is 2.20. The fourth-order valence-electron chi connectivity index (χ4n) is 3.08. The van der Waals surface area contributed by atoms with E-state index in [4.69, 9.17) is 0 Å². The molecule has 1 heterocycles. The monoisotopic (exact) mass is 343 g/mol. The number of nitrogens with one attached hydrogen (secondary N) is 2. The maximum absolute atomic E-state index is 12.2. The van der Waals surface area contributed by atoms with E-state index in [1.807, 2.05) is 12.3 Å². The number of nitrogens with zero attached hydrogens (tertiary/aromatic N) is 1. The normalized spacial score (nSPS) is 14.5. The highest BCUT2D eigenvalue weighted by molar-refractivity contribution is 7.13. The van der Waals surface area contributed by atoms with E-state index in [9.17, 15) is 9.59 Å². The van der Waals surface area contributed by atoms with E-state index in [1.165, 1.54) is 24.2 Å². The van der Waals surface area contributed by atoms with Gasteiger partial charge < -0.3 is 5.32 Å². The van der Waals surface area contributed by atoms with Crippen LogP contribution in [0.4, 0.5) is 10.8 Å². The molecular formula is C18H21N3O2S. The first kappa shape index (κ1) is 16.6. The zero-order valence-corrected chi connectivity index (χ0v) is 14.5. The Bertz CT molecular complexity index is 722. The van der Waals surface area contributed by atoms with Crippen LogP contribution in [0.25, 0.3) is 0 Å². The van der Waals surface area contributed by atoms with Gasteiger partial charge in [-0.2, -0.15) is 0 Å². The molecule has 0 bridgehead atoms. The molecule has 1 fully saturated rings. The van der Waals surface area contributed by atoms with Crippen LogP contribution in [0.3, 0.4) is 0 Å². The third-order valence-electron chi connectivity index (χ3n) is 4.36. The first-order valence-corrected chi connectivity index (χ1v) is 9.11. The van der Waals surface area contributed by atoms with Gasteiger partial charge in [0, 0.05) is 29.2 Å². The van der Waals surface area contributed by atoms with Gasteiger partial charge in [0.1, 0.15) is 0 Å². The van der Waals surface area contributed by atoms with Crippen molar-refractivity contribution in [2.24, 2.45) is 5.92 Å². The molecule has 0 aliphatic heterocycles. The van der Waals surface area contributed by atoms with Gasteiger partial charge in [0.15, 0.2) is 5.13 Å². The van der Waals surface area contributed by atoms with Crippen LogP contribution in [0.2, 0.25) is 0 Å². The van der Waals surface area contributed by atoms with E-state index in [2.05, 4.69) is 15.6 Å². The molecule has 2 amide bonds. The Hall–Kier alpha value is -2.21. The van der Waals surface area contributed by atoms with Gasteiger partial charge in [0.2, 0.25) is 5.91 Å². The molecule has 1 aliphatic rings. The molecule has 2 aromatic rings. The fourth-order valence-corrected chi connectivity index (χ4v) is 3.60. The summed E-state index contributed by atoms with van der Waals surface area (Å²) in [6.45, 7) is 1.89. The van der Waals surface area contributed by atoms with Crippen LogP contribution in [0.5, 0.6) is 0 Å². The lowest BCUT2D eigenvalue weighted by Crippen LogP contribution is -2.16. The van der Waals surface area contributed by atoms with Crippen LogP contribution in [0, 0.1) is 12.8 Å². The summed E-state index contributed by atoms with van der Waals surface area (Å²) in [4.78, 5) is 28.4. The number of amides is 2. The molecule has 0 atom stereocenters. The van der Waals surface area contributed by atoms with Crippen molar-refractivity contribution in [3.05, 3.63) is 40.9 Å². The summed E-state index contributed by atoms with van der Waals surface area (Å²) in [7, 11) is 0. The van der Waals surface area contributed by atoms with E-state index in [1.54, 1.807) is 24.4 Å². The van der Waals surface area contributed by atoms with Gasteiger partial charge in [-0.1, -0.05) is 12.8 Å². The smallest absolute Gasteiger partial charge is 0.257 e. The summed E-state index contributed by atoms with van der Waals surface area (Å²) >= 11 is 1.38. The van der Waals surface area contributed by atoms with E-state index in [0.29, 0.717) is 23.0 Å². The molecule has 6 heteroatoms. The zero-order valence-electron chi connectivity index (χ0n) is 13.7. The molecule has 126 valence electrons. The molecule has 1 aliphatic carbocycles. The Morgan fingerprint density at radius 3 is 2.71 bits per heavy atom. The molecule has 0 unspecified atom stereocenters. The third-order valence-corrected chi connectivity index (χ3v) is 5.05. The lowest BCUT2D eigenvalue weighted by atomic mass is 10.0. The van der Waals surface area contributed by atoms with Crippen LogP contribution in [0.1, 0.15) is 48.0 Å². The van der Waals surface area contributed by atoms with Crippen molar-refractivity contribution in [1.29, 1.82) is 0 Å². The van der Waals surface area contributed by atoms with Gasteiger partial charge in [0.25, 0.3) is 5.91 Å². The van der Waals surface area contributed by atoms with Gasteiger partial charge in [0.05, 0.1) is 0 Å². The maximum Gasteiger partial charge on any atom is 0.257 e. The van der Waals surface area contributed by atoms with Gasteiger partial charge in [-0.05, 0) is 49.4 Å². The largest absolute Gasteiger partial charge is 0.326 e. The van der Waals surface area contributed by atoms with Crippen LogP contribution in [-0.2, 0) is 4.79 Å². The van der Waals surface area contributed by atoms with Crippen LogP contribution < -0.4 is 10.6 Å². The third kappa shape index (κ3) is 4.20. The Kier molecular flexibility index (Phi) is 5.25. The number of aromatic nitrogens is 1. The quantitative estimate of drug-likeness (QED) is 0.854. The molecule has 0 radical (unpaired) electrons. The number of carbonyl (C=O) groups is 2. The average molecular weight is 343 g/mol. The predicted molar refractivity (Wildman–Crippen MR) is 96.5 cm³/mol. The lowest BCUT2D eigenvalue weighted by molar-refractivity contribution is -0.117. The summed E-state index contributed by atoms with van der Waals surface area (Å²) < 4.78 is 0. The van der Waals surface area contributed by atoms with Crippen molar-refractivity contribution < 1.29 is 9.59 Å². The minimum atomic E-state index is -0.197. The fraction of sp³-hybridized carbons (Fsp3) is 0.389. The van der Waals surface area contributed by atoms with E-state index < -0.39 is 0 Å². The van der Waals surface area contributed by atoms with Crippen molar-refractivity contribution in [2.75, 3.05) is 10.6 Å². The van der Waals surface area contributed by atoms with Crippen LogP contribution >= 0.6 is 11.3 Å². The number of anilines is 2. The Balaban J connectivity index is 1.61. The number of rotatable bonds is 5. The molecule has 1 aromatic carbocycles. The summed E-state index contributed by atoms with van der Waals surface area (Å²) in [6.07, 6.45) is 7.02. The molecule has 1 aromatic heterocycles. The van der Waals surface area contributed by atoms with Crippen molar-refractivity contribution in [3.63, 3.8) is 0 Å². The summed E-state index contributed by atoms with van der Waals surface area (Å²) in [6, 6.07) is 5.30. The molecule has 2 N–H and O–H groups in total. The summed E-state index contributed by atoms with van der Waals surface area (Å²) in [5, 5.41) is 8.11.